The van der Waals surface area contributed by atoms with E-state index in [2.05, 4.69) is 5.32 Å². The fourth-order valence-corrected chi connectivity index (χ4v) is 3.20. The van der Waals surface area contributed by atoms with Crippen molar-refractivity contribution in [3.8, 4) is 0 Å². The van der Waals surface area contributed by atoms with E-state index in [1.807, 2.05) is 12.1 Å². The van der Waals surface area contributed by atoms with E-state index in [9.17, 15) is 9.18 Å². The Morgan fingerprint density at radius 3 is 2.41 bits per heavy atom. The van der Waals surface area contributed by atoms with E-state index in [-0.39, 0.29) is 22.9 Å². The van der Waals surface area contributed by atoms with Gasteiger partial charge in [-0.1, -0.05) is 41.4 Å². The summed E-state index contributed by atoms with van der Waals surface area (Å²) < 4.78 is 13.4. The summed E-state index contributed by atoms with van der Waals surface area (Å²) in [5.41, 5.74) is 1.90. The SMILES string of the molecule is O=C1CCC(c2ccc(F)c(Cl)c2)C(c2ccc(Cl)cc2)N1. The molecule has 114 valence electrons. The zero-order valence-electron chi connectivity index (χ0n) is 11.7. The van der Waals surface area contributed by atoms with E-state index >= 15 is 0 Å². The molecule has 0 aliphatic carbocycles. The predicted octanol–water partition coefficient (Wildman–Crippen LogP) is 4.87. The second kappa shape index (κ2) is 6.27. The van der Waals surface area contributed by atoms with Crippen LogP contribution in [-0.4, -0.2) is 5.91 Å². The van der Waals surface area contributed by atoms with Crippen LogP contribution in [0.3, 0.4) is 0 Å². The van der Waals surface area contributed by atoms with Gasteiger partial charge >= 0.3 is 0 Å². The molecule has 0 saturated carbocycles. The van der Waals surface area contributed by atoms with Gasteiger partial charge in [-0.05, 0) is 41.8 Å². The Kier molecular flexibility index (Phi) is 4.37. The number of nitrogens with one attached hydrogen (secondary N) is 1. The Hall–Kier alpha value is -1.58. The minimum atomic E-state index is -0.437. The molecule has 1 amide bonds. The number of benzene rings is 2. The normalized spacial score (nSPS) is 21.5. The fraction of sp³-hybridized carbons (Fsp3) is 0.235. The van der Waals surface area contributed by atoms with Crippen LogP contribution in [0.2, 0.25) is 10.0 Å². The smallest absolute Gasteiger partial charge is 0.220 e. The summed E-state index contributed by atoms with van der Waals surface area (Å²) in [6.45, 7) is 0. The van der Waals surface area contributed by atoms with Crippen LogP contribution >= 0.6 is 23.2 Å². The Balaban J connectivity index is 1.97. The van der Waals surface area contributed by atoms with Gasteiger partial charge in [0.1, 0.15) is 5.82 Å². The molecule has 0 bridgehead atoms. The van der Waals surface area contributed by atoms with Crippen LogP contribution in [0.5, 0.6) is 0 Å². The monoisotopic (exact) mass is 337 g/mol. The van der Waals surface area contributed by atoms with Gasteiger partial charge in [-0.3, -0.25) is 4.79 Å². The van der Waals surface area contributed by atoms with Crippen LogP contribution < -0.4 is 5.32 Å². The van der Waals surface area contributed by atoms with Crippen molar-refractivity contribution in [2.24, 2.45) is 0 Å². The van der Waals surface area contributed by atoms with Gasteiger partial charge in [0, 0.05) is 17.4 Å². The molecule has 2 nitrogen and oxygen atoms in total. The van der Waals surface area contributed by atoms with Crippen molar-refractivity contribution in [3.63, 3.8) is 0 Å². The van der Waals surface area contributed by atoms with Crippen LogP contribution in [0, 0.1) is 5.82 Å². The van der Waals surface area contributed by atoms with Gasteiger partial charge in [-0.25, -0.2) is 4.39 Å². The first kappa shape index (κ1) is 15.3. The first-order valence-corrected chi connectivity index (χ1v) is 7.80. The first-order valence-electron chi connectivity index (χ1n) is 7.04. The Bertz CT molecular complexity index is 702. The molecule has 2 aromatic carbocycles. The lowest BCUT2D eigenvalue weighted by atomic mass is 9.81. The zero-order valence-corrected chi connectivity index (χ0v) is 13.2. The molecule has 22 heavy (non-hydrogen) atoms. The van der Waals surface area contributed by atoms with Gasteiger partial charge in [-0.2, -0.15) is 0 Å². The van der Waals surface area contributed by atoms with Crippen molar-refractivity contribution in [2.45, 2.75) is 24.8 Å². The molecule has 1 aliphatic heterocycles. The van der Waals surface area contributed by atoms with Crippen molar-refractivity contribution >= 4 is 29.1 Å². The van der Waals surface area contributed by atoms with Gasteiger partial charge in [0.05, 0.1) is 11.1 Å². The third-order valence-electron chi connectivity index (χ3n) is 4.00. The molecular formula is C17H14Cl2FNO. The Morgan fingerprint density at radius 1 is 1.05 bits per heavy atom. The lowest BCUT2D eigenvalue weighted by Crippen LogP contribution is -2.37. The highest BCUT2D eigenvalue weighted by Gasteiger charge is 2.31. The molecule has 1 fully saturated rings. The lowest BCUT2D eigenvalue weighted by molar-refractivity contribution is -0.123. The van der Waals surface area contributed by atoms with Crippen LogP contribution in [0.4, 0.5) is 4.39 Å². The molecule has 0 spiro atoms. The number of carbonyl (C=O) groups excluding carboxylic acids is 1. The fourth-order valence-electron chi connectivity index (χ4n) is 2.89. The average Bonchev–Trinajstić information content (AvgIpc) is 2.51. The van der Waals surface area contributed by atoms with Crippen molar-refractivity contribution in [1.29, 1.82) is 0 Å². The highest BCUT2D eigenvalue weighted by molar-refractivity contribution is 6.31. The quantitative estimate of drug-likeness (QED) is 0.832. The maximum absolute atomic E-state index is 13.4. The molecule has 2 aromatic rings. The summed E-state index contributed by atoms with van der Waals surface area (Å²) in [6, 6.07) is 12.0. The molecule has 1 heterocycles. The van der Waals surface area contributed by atoms with E-state index in [4.69, 9.17) is 23.2 Å². The van der Waals surface area contributed by atoms with Gasteiger partial charge < -0.3 is 5.32 Å². The maximum atomic E-state index is 13.4. The molecule has 1 aliphatic rings. The number of hydrogen-bond donors (Lipinski definition) is 1. The van der Waals surface area contributed by atoms with Crippen LogP contribution in [0.1, 0.15) is 35.9 Å². The molecule has 1 saturated heterocycles. The standard InChI is InChI=1S/C17H14Cl2FNO/c18-12-4-1-10(2-5-12)17-13(6-8-16(22)21-17)11-3-7-15(20)14(19)9-11/h1-5,7,9,13,17H,6,8H2,(H,21,22). The summed E-state index contributed by atoms with van der Waals surface area (Å²) in [4.78, 5) is 11.8. The second-order valence-corrected chi connectivity index (χ2v) is 6.26. The third kappa shape index (κ3) is 3.11. The molecule has 1 N–H and O–H groups in total. The summed E-state index contributed by atoms with van der Waals surface area (Å²) in [5, 5.41) is 3.76. The number of hydrogen-bond acceptors (Lipinski definition) is 1. The second-order valence-electron chi connectivity index (χ2n) is 5.42. The number of amides is 1. The van der Waals surface area contributed by atoms with Crippen molar-refractivity contribution in [1.82, 2.24) is 5.32 Å². The largest absolute Gasteiger partial charge is 0.349 e. The van der Waals surface area contributed by atoms with E-state index in [0.717, 1.165) is 11.1 Å². The molecular weight excluding hydrogens is 324 g/mol. The molecule has 0 radical (unpaired) electrons. The van der Waals surface area contributed by atoms with Gasteiger partial charge in [0.2, 0.25) is 5.91 Å². The predicted molar refractivity (Wildman–Crippen MR) is 85.7 cm³/mol. The van der Waals surface area contributed by atoms with Crippen molar-refractivity contribution in [2.75, 3.05) is 0 Å². The number of halogens is 3. The van der Waals surface area contributed by atoms with Crippen LogP contribution in [0.25, 0.3) is 0 Å². The van der Waals surface area contributed by atoms with E-state index in [0.29, 0.717) is 17.9 Å². The molecule has 2 unspecified atom stereocenters. The van der Waals surface area contributed by atoms with Gasteiger partial charge in [-0.15, -0.1) is 0 Å². The average molecular weight is 338 g/mol. The summed E-state index contributed by atoms with van der Waals surface area (Å²) in [6.07, 6.45) is 1.14. The summed E-state index contributed by atoms with van der Waals surface area (Å²) in [5.74, 6) is -0.366. The first-order chi connectivity index (χ1) is 10.5. The molecule has 5 heteroatoms. The summed E-state index contributed by atoms with van der Waals surface area (Å²) >= 11 is 11.8. The minimum Gasteiger partial charge on any atom is -0.349 e. The Labute approximate surface area is 138 Å². The lowest BCUT2D eigenvalue weighted by Gasteiger charge is -2.33. The highest BCUT2D eigenvalue weighted by Crippen LogP contribution is 2.39. The Morgan fingerprint density at radius 2 is 1.73 bits per heavy atom. The van der Waals surface area contributed by atoms with Gasteiger partial charge in [0.25, 0.3) is 0 Å². The number of piperidine rings is 1. The van der Waals surface area contributed by atoms with E-state index in [1.165, 1.54) is 6.07 Å². The maximum Gasteiger partial charge on any atom is 0.220 e. The van der Waals surface area contributed by atoms with Gasteiger partial charge in [0.15, 0.2) is 0 Å². The van der Waals surface area contributed by atoms with E-state index in [1.54, 1.807) is 24.3 Å². The van der Waals surface area contributed by atoms with E-state index < -0.39 is 5.82 Å². The topological polar surface area (TPSA) is 29.1 Å². The summed E-state index contributed by atoms with van der Waals surface area (Å²) in [7, 11) is 0. The molecule has 2 atom stereocenters. The minimum absolute atomic E-state index is 0.0180. The van der Waals surface area contributed by atoms with Crippen molar-refractivity contribution in [3.05, 3.63) is 69.5 Å². The zero-order chi connectivity index (χ0) is 15.7. The molecule has 0 aromatic heterocycles. The number of carbonyl (C=O) groups is 1. The van der Waals surface area contributed by atoms with Crippen molar-refractivity contribution < 1.29 is 9.18 Å². The molecule has 3 rings (SSSR count). The highest BCUT2D eigenvalue weighted by atomic mass is 35.5. The number of rotatable bonds is 2. The third-order valence-corrected chi connectivity index (χ3v) is 4.54. The van der Waals surface area contributed by atoms with Crippen LogP contribution in [-0.2, 0) is 4.79 Å². The van der Waals surface area contributed by atoms with Crippen LogP contribution in [0.15, 0.2) is 42.5 Å².